The van der Waals surface area contributed by atoms with Crippen LogP contribution in [0.4, 0.5) is 0 Å². The fourth-order valence-corrected chi connectivity index (χ4v) is 8.09. The topological polar surface area (TPSA) is 78.9 Å². The molecule has 0 aliphatic rings. The molecule has 0 rings (SSSR count). The average molecular weight is 1050 g/mol. The molecule has 0 aromatic rings. The molecular weight excluding hydrogens is 937 g/mol. The van der Waals surface area contributed by atoms with Gasteiger partial charge in [0.1, 0.15) is 13.2 Å². The molecule has 0 amide bonds. The zero-order chi connectivity index (χ0) is 55.0. The molecule has 0 aliphatic heterocycles. The van der Waals surface area contributed by atoms with Gasteiger partial charge in [0.15, 0.2) is 6.10 Å². The van der Waals surface area contributed by atoms with Gasteiger partial charge in [-0.25, -0.2) is 0 Å². The van der Waals surface area contributed by atoms with Crippen LogP contribution in [0.5, 0.6) is 0 Å². The van der Waals surface area contributed by atoms with Gasteiger partial charge in [-0.05, 0) is 103 Å². The molecule has 6 nitrogen and oxygen atoms in total. The molecule has 0 aromatic carbocycles. The van der Waals surface area contributed by atoms with Gasteiger partial charge in [-0.2, -0.15) is 0 Å². The van der Waals surface area contributed by atoms with Crippen LogP contribution >= 0.6 is 0 Å². The summed E-state index contributed by atoms with van der Waals surface area (Å²) < 4.78 is 16.8. The van der Waals surface area contributed by atoms with Crippen molar-refractivity contribution in [1.29, 1.82) is 0 Å². The maximum atomic E-state index is 12.8. The molecule has 0 saturated carbocycles. The summed E-state index contributed by atoms with van der Waals surface area (Å²) in [6.45, 7) is 6.32. The average Bonchev–Trinajstić information content (AvgIpc) is 3.42. The Labute approximate surface area is 467 Å². The molecule has 428 valence electrons. The summed E-state index contributed by atoms with van der Waals surface area (Å²) in [5, 5.41) is 0. The minimum atomic E-state index is -0.842. The van der Waals surface area contributed by atoms with Crippen molar-refractivity contribution in [1.82, 2.24) is 0 Å². The predicted octanol–water partition coefficient (Wildman–Crippen LogP) is 21.2. The first-order valence-electron chi connectivity index (χ1n) is 30.8. The third-order valence-corrected chi connectivity index (χ3v) is 12.6. The van der Waals surface area contributed by atoms with Crippen molar-refractivity contribution >= 4 is 17.9 Å². The number of hydrogen-bond acceptors (Lipinski definition) is 6. The lowest BCUT2D eigenvalue weighted by Gasteiger charge is -2.18. The number of esters is 3. The second-order valence-electron chi connectivity index (χ2n) is 19.9. The zero-order valence-electron chi connectivity index (χ0n) is 49.0. The number of carbonyl (C=O) groups is 3. The highest BCUT2D eigenvalue weighted by atomic mass is 16.6. The van der Waals surface area contributed by atoms with Crippen LogP contribution in [0.25, 0.3) is 0 Å². The summed E-state index contributed by atoms with van der Waals surface area (Å²) in [6, 6.07) is 0. The SMILES string of the molecule is CC/C=C\C/C=C\C/C=C\C/C=C\C/C=C\C/C=C\C/C=C\CCCCCCCCCC(=O)OCC(COC(=O)CCCCCCCCCCCCCCCC)OC(=O)C/C=C\C/C=C\C/C=C\C/C=C\C/C=C\CC. The van der Waals surface area contributed by atoms with E-state index in [1.807, 2.05) is 6.08 Å². The molecule has 0 aliphatic carbocycles. The molecule has 0 spiro atoms. The Morgan fingerprint density at radius 1 is 0.289 bits per heavy atom. The standard InChI is InChI=1S/C70H112O6/c1-4-7-10-13-16-19-22-25-28-29-30-31-32-33-34-35-36-37-38-39-40-41-43-45-48-51-54-57-60-63-69(72)75-66-67(65-74-68(71)62-59-56-53-50-47-44-27-24-21-18-15-12-9-6-3)76-70(73)64-61-58-55-52-49-46-42-26-23-20-17-14-11-8-5-2/h7-8,10-11,16-17,19-20,25-26,28,30-31,33-34,36-37,39-40,42,49,52,58,61,67H,4-6,9,12-15,18,21-24,27,29,32,35,38,41,43-48,50-51,53-57,59-60,62-66H2,1-3H3/b10-7-,11-8-,19-16-,20-17-,28-25-,31-30-,34-33-,37-36-,40-39-,42-26-,52-49-,61-58-. The molecule has 1 unspecified atom stereocenters. The van der Waals surface area contributed by atoms with Crippen LogP contribution in [0.2, 0.25) is 0 Å². The third-order valence-electron chi connectivity index (χ3n) is 12.6. The van der Waals surface area contributed by atoms with Gasteiger partial charge in [-0.15, -0.1) is 0 Å². The zero-order valence-corrected chi connectivity index (χ0v) is 49.0. The lowest BCUT2D eigenvalue weighted by molar-refractivity contribution is -0.166. The van der Waals surface area contributed by atoms with Gasteiger partial charge in [0.05, 0.1) is 6.42 Å². The molecule has 6 heteroatoms. The minimum absolute atomic E-state index is 0.0900. The Bertz CT molecular complexity index is 1680. The molecule has 0 bridgehead atoms. The van der Waals surface area contributed by atoms with Crippen molar-refractivity contribution in [3.05, 3.63) is 146 Å². The molecule has 0 radical (unpaired) electrons. The first kappa shape index (κ1) is 71.3. The third kappa shape index (κ3) is 60.2. The highest BCUT2D eigenvalue weighted by molar-refractivity contribution is 5.72. The van der Waals surface area contributed by atoms with Gasteiger partial charge >= 0.3 is 17.9 Å². The molecule has 0 fully saturated rings. The number of allylic oxidation sites excluding steroid dienone is 23. The van der Waals surface area contributed by atoms with E-state index >= 15 is 0 Å². The summed E-state index contributed by atoms with van der Waals surface area (Å²) in [5.41, 5.74) is 0. The number of rotatable bonds is 54. The second kappa shape index (κ2) is 62.8. The largest absolute Gasteiger partial charge is 0.462 e. The Morgan fingerprint density at radius 2 is 0.553 bits per heavy atom. The van der Waals surface area contributed by atoms with E-state index in [2.05, 4.69) is 154 Å². The van der Waals surface area contributed by atoms with E-state index in [0.717, 1.165) is 122 Å². The smallest absolute Gasteiger partial charge is 0.310 e. The molecule has 0 heterocycles. The van der Waals surface area contributed by atoms with Crippen molar-refractivity contribution in [3.63, 3.8) is 0 Å². The summed E-state index contributed by atoms with van der Waals surface area (Å²) in [4.78, 5) is 38.2. The predicted molar refractivity (Wildman–Crippen MR) is 329 cm³/mol. The monoisotopic (exact) mass is 1050 g/mol. The van der Waals surface area contributed by atoms with Crippen LogP contribution in [0.15, 0.2) is 146 Å². The van der Waals surface area contributed by atoms with Gasteiger partial charge < -0.3 is 14.2 Å². The number of hydrogen-bond donors (Lipinski definition) is 0. The van der Waals surface area contributed by atoms with E-state index in [1.54, 1.807) is 6.08 Å². The Morgan fingerprint density at radius 3 is 0.868 bits per heavy atom. The molecule has 1 atom stereocenters. The van der Waals surface area contributed by atoms with Crippen LogP contribution < -0.4 is 0 Å². The lowest BCUT2D eigenvalue weighted by Crippen LogP contribution is -2.30. The van der Waals surface area contributed by atoms with Gasteiger partial charge in [0, 0.05) is 12.8 Å². The lowest BCUT2D eigenvalue weighted by atomic mass is 10.0. The Balaban J connectivity index is 4.41. The highest BCUT2D eigenvalue weighted by Gasteiger charge is 2.19. The van der Waals surface area contributed by atoms with Gasteiger partial charge in [-0.3, -0.25) is 14.4 Å². The van der Waals surface area contributed by atoms with Crippen molar-refractivity contribution in [2.75, 3.05) is 13.2 Å². The summed E-state index contributed by atoms with van der Waals surface area (Å²) in [5.74, 6) is -1.07. The van der Waals surface area contributed by atoms with Crippen LogP contribution in [-0.2, 0) is 28.6 Å². The van der Waals surface area contributed by atoms with Gasteiger partial charge in [0.25, 0.3) is 0 Å². The van der Waals surface area contributed by atoms with E-state index in [1.165, 1.54) is 89.9 Å². The van der Waals surface area contributed by atoms with Gasteiger partial charge in [-0.1, -0.05) is 282 Å². The van der Waals surface area contributed by atoms with E-state index in [-0.39, 0.29) is 31.6 Å². The Kier molecular flexibility index (Phi) is 58.9. The normalized spacial score (nSPS) is 13.1. The van der Waals surface area contributed by atoms with Crippen molar-refractivity contribution in [2.24, 2.45) is 0 Å². The number of unbranched alkanes of at least 4 members (excludes halogenated alkanes) is 20. The maximum Gasteiger partial charge on any atom is 0.310 e. The molecular formula is C70H112O6. The van der Waals surface area contributed by atoms with Crippen molar-refractivity contribution in [3.8, 4) is 0 Å². The number of carbonyl (C=O) groups excluding carboxylic acids is 3. The van der Waals surface area contributed by atoms with E-state index < -0.39 is 12.1 Å². The summed E-state index contributed by atoms with van der Waals surface area (Å²) in [6.07, 6.45) is 90.2. The van der Waals surface area contributed by atoms with Crippen LogP contribution in [-0.4, -0.2) is 37.2 Å². The fraction of sp³-hybridized carbons (Fsp3) is 0.614. The first-order valence-corrected chi connectivity index (χ1v) is 30.8. The van der Waals surface area contributed by atoms with E-state index in [9.17, 15) is 14.4 Å². The highest BCUT2D eigenvalue weighted by Crippen LogP contribution is 2.15. The first-order chi connectivity index (χ1) is 37.5. The fourth-order valence-electron chi connectivity index (χ4n) is 8.09. The molecule has 0 aromatic heterocycles. The van der Waals surface area contributed by atoms with Crippen LogP contribution in [0.1, 0.15) is 258 Å². The molecule has 0 saturated heterocycles. The van der Waals surface area contributed by atoms with Crippen LogP contribution in [0, 0.1) is 0 Å². The van der Waals surface area contributed by atoms with Gasteiger partial charge in [0.2, 0.25) is 0 Å². The second-order valence-corrected chi connectivity index (χ2v) is 19.9. The van der Waals surface area contributed by atoms with Crippen molar-refractivity contribution < 1.29 is 28.6 Å². The Hall–Kier alpha value is -4.71. The minimum Gasteiger partial charge on any atom is -0.462 e. The van der Waals surface area contributed by atoms with Crippen LogP contribution in [0.3, 0.4) is 0 Å². The van der Waals surface area contributed by atoms with E-state index in [0.29, 0.717) is 19.3 Å². The molecule has 76 heavy (non-hydrogen) atoms. The maximum absolute atomic E-state index is 12.8. The van der Waals surface area contributed by atoms with Crippen molar-refractivity contribution in [2.45, 2.75) is 264 Å². The number of ether oxygens (including phenoxy) is 3. The summed E-state index contributed by atoms with van der Waals surface area (Å²) in [7, 11) is 0. The molecule has 0 N–H and O–H groups in total. The quantitative estimate of drug-likeness (QED) is 0.0261. The summed E-state index contributed by atoms with van der Waals surface area (Å²) >= 11 is 0. The van der Waals surface area contributed by atoms with E-state index in [4.69, 9.17) is 14.2 Å².